The SMILES string of the molecule is CNC(=O)c1cnn(CCCN)c1C. The summed E-state index contributed by atoms with van der Waals surface area (Å²) < 4.78 is 1.80. The Morgan fingerprint density at radius 3 is 3.00 bits per heavy atom. The van der Waals surface area contributed by atoms with Crippen molar-refractivity contribution in [3.63, 3.8) is 0 Å². The Balaban J connectivity index is 2.80. The fraction of sp³-hybridized carbons (Fsp3) is 0.556. The standard InChI is InChI=1S/C9H16N4O/c1-7-8(9(14)11-2)6-12-13(7)5-3-4-10/h6H,3-5,10H2,1-2H3,(H,11,14). The number of nitrogens with zero attached hydrogens (tertiary/aromatic N) is 2. The van der Waals surface area contributed by atoms with E-state index in [2.05, 4.69) is 10.4 Å². The topological polar surface area (TPSA) is 72.9 Å². The molecule has 0 aliphatic rings. The summed E-state index contributed by atoms with van der Waals surface area (Å²) in [5.74, 6) is -0.0958. The summed E-state index contributed by atoms with van der Waals surface area (Å²) in [6, 6.07) is 0. The molecule has 1 aromatic rings. The van der Waals surface area contributed by atoms with Crippen LogP contribution in [0.4, 0.5) is 0 Å². The molecule has 0 bridgehead atoms. The van der Waals surface area contributed by atoms with Gasteiger partial charge < -0.3 is 11.1 Å². The molecule has 0 atom stereocenters. The number of hydrogen-bond acceptors (Lipinski definition) is 3. The molecule has 0 fully saturated rings. The van der Waals surface area contributed by atoms with E-state index in [1.165, 1.54) is 0 Å². The average Bonchev–Trinajstić information content (AvgIpc) is 2.56. The van der Waals surface area contributed by atoms with Gasteiger partial charge in [-0.05, 0) is 19.9 Å². The van der Waals surface area contributed by atoms with Crippen LogP contribution in [0.25, 0.3) is 0 Å². The first-order valence-electron chi connectivity index (χ1n) is 4.65. The van der Waals surface area contributed by atoms with E-state index in [0.717, 1.165) is 18.7 Å². The Bertz CT molecular complexity index is 319. The second-order valence-electron chi connectivity index (χ2n) is 3.09. The summed E-state index contributed by atoms with van der Waals surface area (Å²) in [5, 5.41) is 6.70. The van der Waals surface area contributed by atoms with E-state index in [0.29, 0.717) is 12.1 Å². The van der Waals surface area contributed by atoms with E-state index >= 15 is 0 Å². The molecule has 1 amide bonds. The predicted octanol–water partition coefficient (Wildman–Crippen LogP) is -0.100. The molecule has 0 saturated heterocycles. The highest BCUT2D eigenvalue weighted by atomic mass is 16.1. The van der Waals surface area contributed by atoms with E-state index in [4.69, 9.17) is 5.73 Å². The highest BCUT2D eigenvalue weighted by Gasteiger charge is 2.11. The minimum absolute atomic E-state index is 0.0958. The molecule has 0 aliphatic heterocycles. The third-order valence-corrected chi connectivity index (χ3v) is 2.15. The van der Waals surface area contributed by atoms with Gasteiger partial charge in [0, 0.05) is 19.3 Å². The van der Waals surface area contributed by atoms with Crippen LogP contribution in [0, 0.1) is 6.92 Å². The lowest BCUT2D eigenvalue weighted by molar-refractivity contribution is 0.0962. The summed E-state index contributed by atoms with van der Waals surface area (Å²) >= 11 is 0. The number of amides is 1. The van der Waals surface area contributed by atoms with Crippen molar-refractivity contribution in [2.75, 3.05) is 13.6 Å². The number of carbonyl (C=O) groups is 1. The van der Waals surface area contributed by atoms with Gasteiger partial charge in [0.1, 0.15) is 0 Å². The zero-order valence-corrected chi connectivity index (χ0v) is 8.58. The Labute approximate surface area is 83.3 Å². The molecule has 1 aromatic heterocycles. The zero-order chi connectivity index (χ0) is 10.6. The van der Waals surface area contributed by atoms with Gasteiger partial charge in [0.15, 0.2) is 0 Å². The molecule has 1 rings (SSSR count). The van der Waals surface area contributed by atoms with Gasteiger partial charge in [0.2, 0.25) is 0 Å². The van der Waals surface area contributed by atoms with Crippen molar-refractivity contribution in [3.8, 4) is 0 Å². The monoisotopic (exact) mass is 196 g/mol. The van der Waals surface area contributed by atoms with Crippen LogP contribution in [0.3, 0.4) is 0 Å². The van der Waals surface area contributed by atoms with Gasteiger partial charge in [-0.1, -0.05) is 0 Å². The van der Waals surface area contributed by atoms with Crippen molar-refractivity contribution in [2.45, 2.75) is 19.9 Å². The maximum absolute atomic E-state index is 11.3. The minimum atomic E-state index is -0.0958. The summed E-state index contributed by atoms with van der Waals surface area (Å²) in [5.41, 5.74) is 6.91. The Kier molecular flexibility index (Phi) is 3.64. The fourth-order valence-corrected chi connectivity index (χ4v) is 1.27. The quantitative estimate of drug-likeness (QED) is 0.706. The fourth-order valence-electron chi connectivity index (χ4n) is 1.27. The molecule has 0 saturated carbocycles. The molecule has 14 heavy (non-hydrogen) atoms. The number of nitrogens with one attached hydrogen (secondary N) is 1. The van der Waals surface area contributed by atoms with Crippen LogP contribution in [0.1, 0.15) is 22.5 Å². The van der Waals surface area contributed by atoms with Crippen molar-refractivity contribution < 1.29 is 4.79 Å². The van der Waals surface area contributed by atoms with Crippen molar-refractivity contribution in [1.29, 1.82) is 0 Å². The first-order valence-corrected chi connectivity index (χ1v) is 4.65. The summed E-state index contributed by atoms with van der Waals surface area (Å²) in [6.45, 7) is 3.28. The molecular formula is C9H16N4O. The van der Waals surface area contributed by atoms with Crippen molar-refractivity contribution in [2.24, 2.45) is 5.73 Å². The molecule has 78 valence electrons. The number of carbonyl (C=O) groups excluding carboxylic acids is 1. The Hall–Kier alpha value is -1.36. The number of nitrogens with two attached hydrogens (primary N) is 1. The lowest BCUT2D eigenvalue weighted by atomic mass is 10.2. The molecule has 5 nitrogen and oxygen atoms in total. The van der Waals surface area contributed by atoms with Crippen LogP contribution in [0.15, 0.2) is 6.20 Å². The van der Waals surface area contributed by atoms with E-state index < -0.39 is 0 Å². The molecule has 5 heteroatoms. The lowest BCUT2D eigenvalue weighted by Crippen LogP contribution is -2.18. The predicted molar refractivity (Wildman–Crippen MR) is 54.0 cm³/mol. The van der Waals surface area contributed by atoms with E-state index in [1.807, 2.05) is 6.92 Å². The van der Waals surface area contributed by atoms with Gasteiger partial charge in [-0.15, -0.1) is 0 Å². The Morgan fingerprint density at radius 2 is 2.43 bits per heavy atom. The van der Waals surface area contributed by atoms with Crippen molar-refractivity contribution in [1.82, 2.24) is 15.1 Å². The van der Waals surface area contributed by atoms with Crippen molar-refractivity contribution >= 4 is 5.91 Å². The van der Waals surface area contributed by atoms with E-state index in [9.17, 15) is 4.79 Å². The second kappa shape index (κ2) is 4.76. The van der Waals surface area contributed by atoms with Gasteiger partial charge in [-0.25, -0.2) is 0 Å². The average molecular weight is 196 g/mol. The maximum Gasteiger partial charge on any atom is 0.254 e. The molecule has 3 N–H and O–H groups in total. The summed E-state index contributed by atoms with van der Waals surface area (Å²) in [7, 11) is 1.61. The third kappa shape index (κ3) is 2.11. The van der Waals surface area contributed by atoms with Crippen LogP contribution >= 0.6 is 0 Å². The van der Waals surface area contributed by atoms with Gasteiger partial charge >= 0.3 is 0 Å². The molecule has 0 spiro atoms. The minimum Gasteiger partial charge on any atom is -0.355 e. The molecule has 0 aromatic carbocycles. The molecule has 1 heterocycles. The number of aryl methyl sites for hydroxylation is 1. The van der Waals surface area contributed by atoms with Crippen molar-refractivity contribution in [3.05, 3.63) is 17.5 Å². The smallest absolute Gasteiger partial charge is 0.254 e. The van der Waals surface area contributed by atoms with Crippen LogP contribution in [-0.2, 0) is 6.54 Å². The maximum atomic E-state index is 11.3. The van der Waals surface area contributed by atoms with Gasteiger partial charge in [-0.2, -0.15) is 5.10 Å². The van der Waals surface area contributed by atoms with Crippen LogP contribution < -0.4 is 11.1 Å². The molecule has 0 unspecified atom stereocenters. The lowest BCUT2D eigenvalue weighted by Gasteiger charge is -2.03. The molecule has 0 radical (unpaired) electrons. The van der Waals surface area contributed by atoms with E-state index in [1.54, 1.807) is 17.9 Å². The first kappa shape index (κ1) is 10.7. The van der Waals surface area contributed by atoms with Gasteiger partial charge in [0.25, 0.3) is 5.91 Å². The highest BCUT2D eigenvalue weighted by molar-refractivity contribution is 5.94. The van der Waals surface area contributed by atoms with Crippen LogP contribution in [-0.4, -0.2) is 29.3 Å². The summed E-state index contributed by atoms with van der Waals surface area (Å²) in [4.78, 5) is 11.3. The third-order valence-electron chi connectivity index (χ3n) is 2.15. The first-order chi connectivity index (χ1) is 6.70. The number of rotatable bonds is 4. The van der Waals surface area contributed by atoms with Gasteiger partial charge in [0.05, 0.1) is 11.8 Å². The number of hydrogen-bond donors (Lipinski definition) is 2. The second-order valence-corrected chi connectivity index (χ2v) is 3.09. The normalized spacial score (nSPS) is 10.2. The Morgan fingerprint density at radius 1 is 1.71 bits per heavy atom. The van der Waals surface area contributed by atoms with Gasteiger partial charge in [-0.3, -0.25) is 9.48 Å². The van der Waals surface area contributed by atoms with Crippen LogP contribution in [0.2, 0.25) is 0 Å². The molecular weight excluding hydrogens is 180 g/mol. The van der Waals surface area contributed by atoms with Crippen LogP contribution in [0.5, 0.6) is 0 Å². The van der Waals surface area contributed by atoms with E-state index in [-0.39, 0.29) is 5.91 Å². The zero-order valence-electron chi connectivity index (χ0n) is 8.58. The molecule has 0 aliphatic carbocycles. The highest BCUT2D eigenvalue weighted by Crippen LogP contribution is 2.06. The number of aromatic nitrogens is 2. The summed E-state index contributed by atoms with van der Waals surface area (Å²) in [6.07, 6.45) is 2.46. The largest absolute Gasteiger partial charge is 0.355 e.